The van der Waals surface area contributed by atoms with Gasteiger partial charge in [-0.2, -0.15) is 10.2 Å². The molecule has 0 saturated carbocycles. The van der Waals surface area contributed by atoms with Gasteiger partial charge in [0.05, 0.1) is 23.6 Å². The number of aromatic nitrogens is 2. The Hall–Kier alpha value is -3.09. The highest BCUT2D eigenvalue weighted by molar-refractivity contribution is 8.14. The molecule has 0 unspecified atom stereocenters. The van der Waals surface area contributed by atoms with Gasteiger partial charge in [-0.05, 0) is 24.1 Å². The molecule has 0 radical (unpaired) electrons. The van der Waals surface area contributed by atoms with E-state index in [1.165, 1.54) is 5.56 Å². The van der Waals surface area contributed by atoms with E-state index in [0.717, 1.165) is 51.6 Å². The summed E-state index contributed by atoms with van der Waals surface area (Å²) in [6, 6.07) is 27.1. The Balaban J connectivity index is 1.34. The molecule has 3 aromatic carbocycles. The standard InChI is InChI=1S/C24H23N5S/c25-20(13-17-7-3-1-4-8-17)15-29-16-30-24(28-29)19-11-12-22-21(14-19)23(27-26-22)18-9-5-2-6-10-18/h1-12,14,20H,13,15-16,25H2,(H,26,27)/t20-/m0/s1. The first-order valence-electron chi connectivity index (χ1n) is 10.1. The summed E-state index contributed by atoms with van der Waals surface area (Å²) in [7, 11) is 0. The molecule has 3 N–H and O–H groups in total. The van der Waals surface area contributed by atoms with Gasteiger partial charge in [0.25, 0.3) is 0 Å². The van der Waals surface area contributed by atoms with Crippen LogP contribution in [0, 0.1) is 0 Å². The van der Waals surface area contributed by atoms with E-state index in [1.54, 1.807) is 11.8 Å². The van der Waals surface area contributed by atoms with Gasteiger partial charge in [0.2, 0.25) is 0 Å². The van der Waals surface area contributed by atoms with Crippen molar-refractivity contribution in [3.05, 3.63) is 90.0 Å². The highest BCUT2D eigenvalue weighted by Gasteiger charge is 2.20. The minimum absolute atomic E-state index is 0.0529. The highest BCUT2D eigenvalue weighted by atomic mass is 32.2. The molecule has 30 heavy (non-hydrogen) atoms. The lowest BCUT2D eigenvalue weighted by Gasteiger charge is -2.18. The van der Waals surface area contributed by atoms with Gasteiger partial charge >= 0.3 is 0 Å². The number of aromatic amines is 1. The maximum atomic E-state index is 6.38. The van der Waals surface area contributed by atoms with Crippen LogP contribution in [0.1, 0.15) is 11.1 Å². The van der Waals surface area contributed by atoms with Crippen LogP contribution in [-0.4, -0.2) is 38.7 Å². The predicted octanol–water partition coefficient (Wildman–Crippen LogP) is 4.47. The zero-order valence-electron chi connectivity index (χ0n) is 16.5. The van der Waals surface area contributed by atoms with Crippen LogP contribution in [0.4, 0.5) is 0 Å². The van der Waals surface area contributed by atoms with E-state index in [2.05, 4.69) is 69.8 Å². The number of hydrogen-bond donors (Lipinski definition) is 2. The molecule has 150 valence electrons. The van der Waals surface area contributed by atoms with Crippen LogP contribution in [0.25, 0.3) is 22.2 Å². The molecule has 5 nitrogen and oxygen atoms in total. The van der Waals surface area contributed by atoms with Crippen molar-refractivity contribution in [1.82, 2.24) is 15.2 Å². The first-order valence-corrected chi connectivity index (χ1v) is 11.0. The molecule has 0 fully saturated rings. The number of nitrogens with zero attached hydrogens (tertiary/aromatic N) is 3. The zero-order chi connectivity index (χ0) is 20.3. The third-order valence-electron chi connectivity index (χ3n) is 5.23. The molecular formula is C24H23N5S. The van der Waals surface area contributed by atoms with Gasteiger partial charge < -0.3 is 5.73 Å². The van der Waals surface area contributed by atoms with Crippen LogP contribution in [0.15, 0.2) is 84.0 Å². The molecule has 0 saturated heterocycles. The Labute approximate surface area is 180 Å². The minimum atomic E-state index is 0.0529. The lowest BCUT2D eigenvalue weighted by atomic mass is 10.1. The number of nitrogens with two attached hydrogens (primary N) is 1. The van der Waals surface area contributed by atoms with Crippen LogP contribution in [0.2, 0.25) is 0 Å². The average molecular weight is 414 g/mol. The van der Waals surface area contributed by atoms with Crippen LogP contribution in [0.5, 0.6) is 0 Å². The summed E-state index contributed by atoms with van der Waals surface area (Å²) in [4.78, 5) is 0. The number of thioether (sulfide) groups is 1. The van der Waals surface area contributed by atoms with Crippen LogP contribution in [0.3, 0.4) is 0 Å². The summed E-state index contributed by atoms with van der Waals surface area (Å²) < 4.78 is 0. The molecule has 0 spiro atoms. The Bertz CT molecular complexity index is 1170. The predicted molar refractivity (Wildman–Crippen MR) is 125 cm³/mol. The van der Waals surface area contributed by atoms with E-state index in [9.17, 15) is 0 Å². The molecule has 6 heteroatoms. The molecule has 0 aliphatic carbocycles. The van der Waals surface area contributed by atoms with Crippen molar-refractivity contribution in [3.63, 3.8) is 0 Å². The van der Waals surface area contributed by atoms with Crippen molar-refractivity contribution < 1.29 is 0 Å². The summed E-state index contributed by atoms with van der Waals surface area (Å²) in [5, 5.41) is 16.7. The van der Waals surface area contributed by atoms with E-state index < -0.39 is 0 Å². The first kappa shape index (κ1) is 18.9. The van der Waals surface area contributed by atoms with E-state index in [1.807, 2.05) is 24.3 Å². The van der Waals surface area contributed by atoms with E-state index in [0.29, 0.717) is 0 Å². The number of nitrogens with one attached hydrogen (secondary N) is 1. The molecule has 1 atom stereocenters. The van der Waals surface area contributed by atoms with Crippen LogP contribution >= 0.6 is 11.8 Å². The number of H-pyrrole nitrogens is 1. The average Bonchev–Trinajstić information content (AvgIpc) is 3.41. The van der Waals surface area contributed by atoms with Crippen LogP contribution < -0.4 is 5.73 Å². The fourth-order valence-corrected chi connectivity index (χ4v) is 4.67. The van der Waals surface area contributed by atoms with Gasteiger partial charge in [-0.3, -0.25) is 10.1 Å². The molecule has 0 bridgehead atoms. The third-order valence-corrected chi connectivity index (χ3v) is 6.24. The maximum Gasteiger partial charge on any atom is 0.125 e. The van der Waals surface area contributed by atoms with Gasteiger partial charge in [0, 0.05) is 22.6 Å². The third kappa shape index (κ3) is 3.97. The van der Waals surface area contributed by atoms with Gasteiger partial charge in [0.1, 0.15) is 5.04 Å². The summed E-state index contributed by atoms with van der Waals surface area (Å²) in [6.45, 7) is 0.745. The molecule has 1 aliphatic heterocycles. The van der Waals surface area contributed by atoms with Crippen molar-refractivity contribution in [2.24, 2.45) is 10.8 Å². The zero-order valence-corrected chi connectivity index (χ0v) is 17.3. The van der Waals surface area contributed by atoms with Crippen LogP contribution in [-0.2, 0) is 6.42 Å². The molecule has 5 rings (SSSR count). The number of benzene rings is 3. The Morgan fingerprint density at radius 3 is 2.53 bits per heavy atom. The van der Waals surface area contributed by atoms with E-state index in [-0.39, 0.29) is 6.04 Å². The molecule has 4 aromatic rings. The van der Waals surface area contributed by atoms with E-state index in [4.69, 9.17) is 10.8 Å². The van der Waals surface area contributed by atoms with Crippen molar-refractivity contribution in [1.29, 1.82) is 0 Å². The molecule has 1 aliphatic rings. The fourth-order valence-electron chi connectivity index (χ4n) is 3.77. The Morgan fingerprint density at radius 1 is 0.967 bits per heavy atom. The normalized spacial score (nSPS) is 14.8. The quantitative estimate of drug-likeness (QED) is 0.489. The second kappa shape index (κ2) is 8.34. The summed E-state index contributed by atoms with van der Waals surface area (Å²) in [5.41, 5.74) is 11.9. The number of rotatable bonds is 6. The smallest absolute Gasteiger partial charge is 0.125 e. The second-order valence-corrected chi connectivity index (χ2v) is 8.45. The van der Waals surface area contributed by atoms with Gasteiger partial charge in [0.15, 0.2) is 0 Å². The molecule has 0 amide bonds. The SMILES string of the molecule is N[C@@H](Cc1ccccc1)CN1CSC(c2ccc3[nH]nc(-c4ccccc4)c3c2)=N1. The van der Waals surface area contributed by atoms with Gasteiger partial charge in [-0.15, -0.1) is 0 Å². The summed E-state index contributed by atoms with van der Waals surface area (Å²) in [5.74, 6) is 0.826. The Morgan fingerprint density at radius 2 is 1.73 bits per heavy atom. The first-order chi connectivity index (χ1) is 14.8. The number of fused-ring (bicyclic) bond motifs is 1. The molecule has 2 heterocycles. The van der Waals surface area contributed by atoms with Crippen molar-refractivity contribution in [2.45, 2.75) is 12.5 Å². The number of hydrazone groups is 1. The molecular weight excluding hydrogens is 390 g/mol. The summed E-state index contributed by atoms with van der Waals surface area (Å²) in [6.07, 6.45) is 0.855. The van der Waals surface area contributed by atoms with Crippen molar-refractivity contribution in [3.8, 4) is 11.3 Å². The van der Waals surface area contributed by atoms with Crippen molar-refractivity contribution >= 4 is 27.7 Å². The van der Waals surface area contributed by atoms with E-state index >= 15 is 0 Å². The topological polar surface area (TPSA) is 70.3 Å². The monoisotopic (exact) mass is 413 g/mol. The largest absolute Gasteiger partial charge is 0.326 e. The lowest BCUT2D eigenvalue weighted by Crippen LogP contribution is -2.35. The van der Waals surface area contributed by atoms with Gasteiger partial charge in [-0.1, -0.05) is 78.5 Å². The maximum absolute atomic E-state index is 6.38. The van der Waals surface area contributed by atoms with Gasteiger partial charge in [-0.25, -0.2) is 0 Å². The van der Waals surface area contributed by atoms with Crippen molar-refractivity contribution in [2.75, 3.05) is 12.4 Å². The number of hydrogen-bond acceptors (Lipinski definition) is 5. The fraction of sp³-hybridized carbons (Fsp3) is 0.167. The highest BCUT2D eigenvalue weighted by Crippen LogP contribution is 2.30. The lowest BCUT2D eigenvalue weighted by molar-refractivity contribution is 0.320. The second-order valence-electron chi connectivity index (χ2n) is 7.52. The summed E-state index contributed by atoms with van der Waals surface area (Å²) >= 11 is 1.75. The minimum Gasteiger partial charge on any atom is -0.326 e. The molecule has 1 aromatic heterocycles. The Kier molecular flexibility index (Phi) is 5.26.